The molecular formula is C19H19N5O2S. The van der Waals surface area contributed by atoms with Crippen LogP contribution in [-0.4, -0.2) is 27.8 Å². The molecule has 4 rings (SSSR count). The molecule has 0 aliphatic carbocycles. The molecule has 0 saturated carbocycles. The van der Waals surface area contributed by atoms with E-state index in [0.29, 0.717) is 28.8 Å². The molecule has 3 N–H and O–H groups in total. The number of benzene rings is 1. The predicted octanol–water partition coefficient (Wildman–Crippen LogP) is 3.10. The number of nitrogens with two attached hydrogens (primary N) is 1. The number of amides is 1. The SMILES string of the molecule is COc1ccccc1-c1nc2n(n1)C(c1sccc1C)C(C(N)=O)=C(C)N2. The lowest BCUT2D eigenvalue weighted by Gasteiger charge is -2.27. The molecule has 0 saturated heterocycles. The number of thiophene rings is 1. The highest BCUT2D eigenvalue weighted by Gasteiger charge is 2.35. The van der Waals surface area contributed by atoms with Crippen LogP contribution in [0.15, 0.2) is 47.0 Å². The van der Waals surface area contributed by atoms with E-state index >= 15 is 0 Å². The number of fused-ring (bicyclic) bond motifs is 1. The molecule has 1 atom stereocenters. The Morgan fingerprint density at radius 3 is 2.74 bits per heavy atom. The van der Waals surface area contributed by atoms with Crippen molar-refractivity contribution in [1.29, 1.82) is 0 Å². The van der Waals surface area contributed by atoms with Crippen molar-refractivity contribution in [3.8, 4) is 17.1 Å². The van der Waals surface area contributed by atoms with E-state index in [4.69, 9.17) is 15.6 Å². The Morgan fingerprint density at radius 1 is 1.30 bits per heavy atom. The summed E-state index contributed by atoms with van der Waals surface area (Å²) in [7, 11) is 1.61. The lowest BCUT2D eigenvalue weighted by Crippen LogP contribution is -2.31. The summed E-state index contributed by atoms with van der Waals surface area (Å²) in [5.74, 6) is 1.30. The molecule has 2 aromatic heterocycles. The van der Waals surface area contributed by atoms with Crippen molar-refractivity contribution >= 4 is 23.2 Å². The molecule has 0 fully saturated rings. The molecule has 1 aliphatic rings. The van der Waals surface area contributed by atoms with E-state index in [1.165, 1.54) is 0 Å². The van der Waals surface area contributed by atoms with Gasteiger partial charge < -0.3 is 15.8 Å². The highest BCUT2D eigenvalue weighted by molar-refractivity contribution is 7.10. The van der Waals surface area contributed by atoms with Gasteiger partial charge in [0.25, 0.3) is 0 Å². The van der Waals surface area contributed by atoms with Crippen LogP contribution >= 0.6 is 11.3 Å². The van der Waals surface area contributed by atoms with E-state index in [-0.39, 0.29) is 0 Å². The van der Waals surface area contributed by atoms with E-state index in [1.54, 1.807) is 23.1 Å². The Balaban J connectivity index is 1.91. The maximum atomic E-state index is 12.2. The number of allylic oxidation sites excluding steroid dienone is 1. The molecule has 0 bridgehead atoms. The summed E-state index contributed by atoms with van der Waals surface area (Å²) >= 11 is 1.57. The van der Waals surface area contributed by atoms with Gasteiger partial charge in [0.05, 0.1) is 18.2 Å². The van der Waals surface area contributed by atoms with Crippen LogP contribution in [0, 0.1) is 6.92 Å². The maximum Gasteiger partial charge on any atom is 0.248 e. The van der Waals surface area contributed by atoms with Crippen molar-refractivity contribution in [2.24, 2.45) is 5.73 Å². The summed E-state index contributed by atoms with van der Waals surface area (Å²) in [6.45, 7) is 3.84. The fourth-order valence-electron chi connectivity index (χ4n) is 3.32. The van der Waals surface area contributed by atoms with Crippen molar-refractivity contribution < 1.29 is 9.53 Å². The van der Waals surface area contributed by atoms with Crippen molar-refractivity contribution in [2.45, 2.75) is 19.9 Å². The minimum Gasteiger partial charge on any atom is -0.496 e. The van der Waals surface area contributed by atoms with Crippen LogP contribution < -0.4 is 15.8 Å². The quantitative estimate of drug-likeness (QED) is 0.724. The third-order valence-corrected chi connectivity index (χ3v) is 5.69. The molecule has 1 aliphatic heterocycles. The molecule has 1 amide bonds. The third kappa shape index (κ3) is 2.78. The number of ether oxygens (including phenoxy) is 1. The Hall–Kier alpha value is -3.13. The number of carbonyl (C=O) groups excluding carboxylic acids is 1. The van der Waals surface area contributed by atoms with Gasteiger partial charge in [0.2, 0.25) is 11.9 Å². The number of aromatic nitrogens is 3. The minimum atomic E-state index is -0.474. The Labute approximate surface area is 160 Å². The van der Waals surface area contributed by atoms with Crippen molar-refractivity contribution in [2.75, 3.05) is 12.4 Å². The second-order valence-corrected chi connectivity index (χ2v) is 7.25. The minimum absolute atomic E-state index is 0.408. The Bertz CT molecular complexity index is 1070. The number of methoxy groups -OCH3 is 1. The second kappa shape index (κ2) is 6.55. The average Bonchev–Trinajstić information content (AvgIpc) is 3.26. The number of hydrogen-bond acceptors (Lipinski definition) is 6. The number of rotatable bonds is 4. The monoisotopic (exact) mass is 381 g/mol. The summed E-state index contributed by atoms with van der Waals surface area (Å²) in [4.78, 5) is 17.9. The van der Waals surface area contributed by atoms with Gasteiger partial charge in [-0.15, -0.1) is 16.4 Å². The van der Waals surface area contributed by atoms with Gasteiger partial charge in [-0.05, 0) is 43.0 Å². The van der Waals surface area contributed by atoms with Gasteiger partial charge in [0.1, 0.15) is 11.8 Å². The van der Waals surface area contributed by atoms with Gasteiger partial charge in [-0.1, -0.05) is 12.1 Å². The van der Waals surface area contributed by atoms with Gasteiger partial charge in [-0.25, -0.2) is 4.68 Å². The van der Waals surface area contributed by atoms with E-state index in [0.717, 1.165) is 16.0 Å². The number of nitrogens with zero attached hydrogens (tertiary/aromatic N) is 3. The van der Waals surface area contributed by atoms with E-state index in [9.17, 15) is 4.79 Å². The van der Waals surface area contributed by atoms with Gasteiger partial charge in [-0.2, -0.15) is 4.98 Å². The lowest BCUT2D eigenvalue weighted by molar-refractivity contribution is -0.115. The average molecular weight is 381 g/mol. The molecule has 1 unspecified atom stereocenters. The molecule has 1 aromatic carbocycles. The van der Waals surface area contributed by atoms with E-state index in [1.807, 2.05) is 49.6 Å². The normalized spacial score (nSPS) is 16.0. The summed E-state index contributed by atoms with van der Waals surface area (Å²) < 4.78 is 7.17. The number of hydrogen-bond donors (Lipinski definition) is 2. The molecule has 3 heterocycles. The Kier molecular flexibility index (Phi) is 4.19. The number of carbonyl (C=O) groups is 1. The van der Waals surface area contributed by atoms with Crippen LogP contribution in [0.5, 0.6) is 5.75 Å². The van der Waals surface area contributed by atoms with Gasteiger partial charge >= 0.3 is 0 Å². The highest BCUT2D eigenvalue weighted by atomic mass is 32.1. The molecule has 0 spiro atoms. The van der Waals surface area contributed by atoms with Crippen LogP contribution in [0.4, 0.5) is 5.95 Å². The maximum absolute atomic E-state index is 12.2. The third-order valence-electron chi connectivity index (χ3n) is 4.62. The van der Waals surface area contributed by atoms with E-state index < -0.39 is 11.9 Å². The summed E-state index contributed by atoms with van der Waals surface area (Å²) in [5.41, 5.74) is 8.75. The predicted molar refractivity (Wildman–Crippen MR) is 105 cm³/mol. The number of aryl methyl sites for hydroxylation is 1. The van der Waals surface area contributed by atoms with Crippen LogP contribution in [0.3, 0.4) is 0 Å². The van der Waals surface area contributed by atoms with Crippen LogP contribution in [0.2, 0.25) is 0 Å². The first kappa shape index (κ1) is 17.3. The number of para-hydroxylation sites is 1. The zero-order valence-electron chi connectivity index (χ0n) is 15.2. The van der Waals surface area contributed by atoms with Gasteiger partial charge in [0, 0.05) is 10.6 Å². The molecule has 8 heteroatoms. The summed E-state index contributed by atoms with van der Waals surface area (Å²) in [6, 6.07) is 9.18. The smallest absolute Gasteiger partial charge is 0.248 e. The van der Waals surface area contributed by atoms with Crippen molar-refractivity contribution in [3.63, 3.8) is 0 Å². The fourth-order valence-corrected chi connectivity index (χ4v) is 4.34. The molecule has 27 heavy (non-hydrogen) atoms. The standard InChI is InChI=1S/C19H19N5O2S/c1-10-8-9-27-16(10)15-14(17(20)25)11(2)21-19-22-18(23-24(15)19)12-6-4-5-7-13(12)26-3/h4-9,15H,1-3H3,(H2,20,25)(H,21,22,23). The largest absolute Gasteiger partial charge is 0.496 e. The van der Waals surface area contributed by atoms with E-state index in [2.05, 4.69) is 10.3 Å². The zero-order valence-corrected chi connectivity index (χ0v) is 16.0. The fraction of sp³-hybridized carbons (Fsp3) is 0.211. The highest BCUT2D eigenvalue weighted by Crippen LogP contribution is 2.40. The van der Waals surface area contributed by atoms with Crippen LogP contribution in [-0.2, 0) is 4.79 Å². The molecule has 138 valence electrons. The van der Waals surface area contributed by atoms with Gasteiger partial charge in [-0.3, -0.25) is 4.79 Å². The first-order valence-electron chi connectivity index (χ1n) is 8.42. The molecular weight excluding hydrogens is 362 g/mol. The molecule has 0 radical (unpaired) electrons. The molecule has 7 nitrogen and oxygen atoms in total. The van der Waals surface area contributed by atoms with Crippen molar-refractivity contribution in [3.05, 3.63) is 57.4 Å². The Morgan fingerprint density at radius 2 is 2.07 bits per heavy atom. The summed E-state index contributed by atoms with van der Waals surface area (Å²) in [6.07, 6.45) is 0. The summed E-state index contributed by atoms with van der Waals surface area (Å²) in [5, 5.41) is 9.86. The topological polar surface area (TPSA) is 95.1 Å². The van der Waals surface area contributed by atoms with Gasteiger partial charge in [0.15, 0.2) is 5.82 Å². The lowest BCUT2D eigenvalue weighted by atomic mass is 9.99. The second-order valence-electron chi connectivity index (χ2n) is 6.30. The van der Waals surface area contributed by atoms with Crippen LogP contribution in [0.1, 0.15) is 23.4 Å². The van der Waals surface area contributed by atoms with Crippen LogP contribution in [0.25, 0.3) is 11.4 Å². The number of primary amides is 1. The number of nitrogens with one attached hydrogen (secondary N) is 1. The first-order chi connectivity index (χ1) is 13.0. The number of anilines is 1. The first-order valence-corrected chi connectivity index (χ1v) is 9.30. The zero-order chi connectivity index (χ0) is 19.1. The van der Waals surface area contributed by atoms with Crippen molar-refractivity contribution in [1.82, 2.24) is 14.8 Å². The molecule has 3 aromatic rings.